The number of carbonyl (C=O) groups is 3. The van der Waals surface area contributed by atoms with E-state index in [9.17, 15) is 40.7 Å². The maximum Gasteiger partial charge on any atom is 0.315 e. The van der Waals surface area contributed by atoms with Crippen LogP contribution in [0.25, 0.3) is 0 Å². The highest BCUT2D eigenvalue weighted by Gasteiger charge is 2.56. The first-order valence-electron chi connectivity index (χ1n) is 8.88. The van der Waals surface area contributed by atoms with Crippen LogP contribution >= 0.6 is 23.2 Å². The van der Waals surface area contributed by atoms with Crippen molar-refractivity contribution in [3.05, 3.63) is 53.1 Å². The van der Waals surface area contributed by atoms with Gasteiger partial charge in [-0.25, -0.2) is 17.6 Å². The summed E-state index contributed by atoms with van der Waals surface area (Å²) in [6.07, 6.45) is -3.47. The molecule has 3 amide bonds. The third-order valence-corrected chi connectivity index (χ3v) is 5.30. The van der Waals surface area contributed by atoms with Crippen LogP contribution in [-0.2, 0) is 9.59 Å². The van der Waals surface area contributed by atoms with Gasteiger partial charge in [-0.2, -0.15) is 8.78 Å². The summed E-state index contributed by atoms with van der Waals surface area (Å²) in [4.78, 5) is 35.5. The topological polar surface area (TPSA) is 87.3 Å². The summed E-state index contributed by atoms with van der Waals surface area (Å²) in [7, 11) is 0. The molecule has 1 aliphatic rings. The van der Waals surface area contributed by atoms with Gasteiger partial charge in [-0.05, 0) is 24.6 Å². The molecule has 1 fully saturated rings. The molecule has 2 aromatic carbocycles. The van der Waals surface area contributed by atoms with Crippen LogP contribution in [0.15, 0.2) is 24.3 Å². The van der Waals surface area contributed by atoms with Crippen molar-refractivity contribution in [3.8, 4) is 0 Å². The molecular formula is C19H11Cl2F6N3O3. The Balaban J connectivity index is 1.85. The van der Waals surface area contributed by atoms with Crippen molar-refractivity contribution in [2.24, 2.45) is 5.92 Å². The maximum absolute atomic E-state index is 14.5. The van der Waals surface area contributed by atoms with E-state index in [2.05, 4.69) is 5.32 Å². The number of amides is 3. The predicted octanol–water partition coefficient (Wildman–Crippen LogP) is 4.83. The van der Waals surface area contributed by atoms with E-state index in [1.165, 1.54) is 5.32 Å². The van der Waals surface area contributed by atoms with Gasteiger partial charge in [0.05, 0.1) is 17.2 Å². The van der Waals surface area contributed by atoms with Crippen molar-refractivity contribution >= 4 is 58.0 Å². The minimum Gasteiger partial charge on any atom is -0.326 e. The zero-order chi connectivity index (χ0) is 24.7. The highest BCUT2D eigenvalue weighted by molar-refractivity contribution is 6.52. The molecule has 0 aromatic heterocycles. The van der Waals surface area contributed by atoms with Crippen molar-refractivity contribution in [1.82, 2.24) is 0 Å². The quantitative estimate of drug-likeness (QED) is 0.382. The first-order chi connectivity index (χ1) is 15.3. The lowest BCUT2D eigenvalue weighted by Gasteiger charge is -2.13. The van der Waals surface area contributed by atoms with Gasteiger partial charge in [0.2, 0.25) is 5.91 Å². The van der Waals surface area contributed by atoms with E-state index in [1.807, 2.05) is 5.32 Å². The van der Waals surface area contributed by atoms with Crippen LogP contribution in [0, 0.1) is 29.2 Å². The van der Waals surface area contributed by atoms with Crippen molar-refractivity contribution in [1.29, 1.82) is 0 Å². The summed E-state index contributed by atoms with van der Waals surface area (Å²) in [6.45, 7) is 0. The van der Waals surface area contributed by atoms with Gasteiger partial charge in [-0.15, -0.1) is 23.2 Å². The fourth-order valence-corrected chi connectivity index (χ4v) is 3.19. The molecule has 6 nitrogen and oxygen atoms in total. The molecule has 0 saturated heterocycles. The van der Waals surface area contributed by atoms with Gasteiger partial charge in [0.25, 0.3) is 11.8 Å². The number of rotatable bonds is 6. The third-order valence-electron chi connectivity index (χ3n) is 4.47. The lowest BCUT2D eigenvalue weighted by molar-refractivity contribution is -0.126. The van der Waals surface area contributed by atoms with Crippen LogP contribution < -0.4 is 16.0 Å². The molecule has 14 heteroatoms. The molecule has 176 valence electrons. The predicted molar refractivity (Wildman–Crippen MR) is 106 cm³/mol. The summed E-state index contributed by atoms with van der Waals surface area (Å²) in [5.41, 5.74) is -3.45. The van der Waals surface area contributed by atoms with E-state index in [4.69, 9.17) is 23.2 Å². The molecule has 1 atom stereocenters. The number of nitrogens with one attached hydrogen (secondary N) is 3. The fraction of sp³-hybridized carbons (Fsp3) is 0.211. The van der Waals surface area contributed by atoms with Crippen LogP contribution in [-0.4, -0.2) is 28.5 Å². The Kier molecular flexibility index (Phi) is 6.80. The number of carbonyl (C=O) groups excluding carboxylic acids is 3. The summed E-state index contributed by atoms with van der Waals surface area (Å²) in [5.74, 6) is -11.3. The number of halogens is 8. The van der Waals surface area contributed by atoms with Crippen LogP contribution in [0.1, 0.15) is 16.8 Å². The molecule has 0 aliphatic heterocycles. The molecule has 1 unspecified atom stereocenters. The molecule has 3 N–H and O–H groups in total. The molecular weight excluding hydrogens is 503 g/mol. The molecule has 0 spiro atoms. The van der Waals surface area contributed by atoms with Gasteiger partial charge in [-0.1, -0.05) is 0 Å². The Morgan fingerprint density at radius 2 is 1.58 bits per heavy atom. The smallest absolute Gasteiger partial charge is 0.315 e. The first kappa shape index (κ1) is 24.6. The minimum absolute atomic E-state index is 0.118. The average molecular weight is 514 g/mol. The zero-order valence-electron chi connectivity index (χ0n) is 15.9. The van der Waals surface area contributed by atoms with E-state index >= 15 is 0 Å². The second kappa shape index (κ2) is 9.10. The van der Waals surface area contributed by atoms with Crippen molar-refractivity contribution in [3.63, 3.8) is 0 Å². The number of hydrogen-bond donors (Lipinski definition) is 3. The molecule has 0 heterocycles. The SMILES string of the molecule is O=C(Nc1ccc(F)c(NC(=O)C(F)F)c1F)c1cc(NC(=O)C2CC2(Cl)Cl)cc(F)c1F. The average Bonchev–Trinajstić information content (AvgIpc) is 3.37. The summed E-state index contributed by atoms with van der Waals surface area (Å²) in [5, 5.41) is 5.33. The summed E-state index contributed by atoms with van der Waals surface area (Å²) in [6, 6.07) is 2.51. The number of benzene rings is 2. The van der Waals surface area contributed by atoms with Crippen LogP contribution in [0.3, 0.4) is 0 Å². The monoisotopic (exact) mass is 513 g/mol. The molecule has 1 aliphatic carbocycles. The Hall–Kier alpha value is -2.99. The third kappa shape index (κ3) is 5.33. The van der Waals surface area contributed by atoms with Gasteiger partial charge < -0.3 is 16.0 Å². The Labute approximate surface area is 191 Å². The second-order valence-corrected chi connectivity index (χ2v) is 8.40. The zero-order valence-corrected chi connectivity index (χ0v) is 17.4. The highest BCUT2D eigenvalue weighted by atomic mass is 35.5. The van der Waals surface area contributed by atoms with E-state index < -0.39 is 74.6 Å². The first-order valence-corrected chi connectivity index (χ1v) is 9.63. The van der Waals surface area contributed by atoms with Gasteiger partial charge in [0, 0.05) is 11.8 Å². The normalized spacial score (nSPS) is 16.3. The lowest BCUT2D eigenvalue weighted by atomic mass is 10.1. The van der Waals surface area contributed by atoms with Gasteiger partial charge in [0.1, 0.15) is 15.8 Å². The molecule has 3 rings (SSSR count). The Bertz CT molecular complexity index is 1160. The van der Waals surface area contributed by atoms with Crippen LogP contribution in [0.4, 0.5) is 43.4 Å². The number of hydrogen-bond acceptors (Lipinski definition) is 3. The standard InChI is InChI=1S/C19H11Cl2F6N3O3/c20-19(21)5-8(19)17(32)28-6-3-7(12(24)10(23)4-6)16(31)29-11-2-1-9(22)14(13(11)25)30-18(33)15(26)27/h1-4,8,15H,5H2,(H,28,32)(H,29,31)(H,30,33). The molecule has 0 bridgehead atoms. The van der Waals surface area contributed by atoms with Crippen LogP contribution in [0.2, 0.25) is 0 Å². The molecule has 0 radical (unpaired) electrons. The van der Waals surface area contributed by atoms with Crippen molar-refractivity contribution in [2.75, 3.05) is 16.0 Å². The maximum atomic E-state index is 14.5. The molecule has 1 saturated carbocycles. The van der Waals surface area contributed by atoms with Crippen molar-refractivity contribution in [2.45, 2.75) is 17.2 Å². The minimum atomic E-state index is -3.59. The summed E-state index contributed by atoms with van der Waals surface area (Å²) >= 11 is 11.5. The fourth-order valence-electron chi connectivity index (χ4n) is 2.68. The van der Waals surface area contributed by atoms with Gasteiger partial charge in [-0.3, -0.25) is 14.4 Å². The number of alkyl halides is 4. The number of anilines is 3. The second-order valence-electron chi connectivity index (χ2n) is 6.85. The van der Waals surface area contributed by atoms with E-state index in [-0.39, 0.29) is 12.1 Å². The Morgan fingerprint density at radius 1 is 0.939 bits per heavy atom. The highest BCUT2D eigenvalue weighted by Crippen LogP contribution is 2.53. The largest absolute Gasteiger partial charge is 0.326 e. The van der Waals surface area contributed by atoms with E-state index in [0.29, 0.717) is 18.2 Å². The van der Waals surface area contributed by atoms with Gasteiger partial charge >= 0.3 is 6.43 Å². The van der Waals surface area contributed by atoms with E-state index in [1.54, 1.807) is 0 Å². The molecule has 33 heavy (non-hydrogen) atoms. The van der Waals surface area contributed by atoms with E-state index in [0.717, 1.165) is 6.07 Å². The lowest BCUT2D eigenvalue weighted by Crippen LogP contribution is -2.23. The Morgan fingerprint density at radius 3 is 2.15 bits per heavy atom. The summed E-state index contributed by atoms with van der Waals surface area (Å²) < 4.78 is 79.8. The molecule has 2 aromatic rings. The van der Waals surface area contributed by atoms with Crippen molar-refractivity contribution < 1.29 is 40.7 Å². The van der Waals surface area contributed by atoms with Gasteiger partial charge in [0.15, 0.2) is 17.5 Å². The van der Waals surface area contributed by atoms with Crippen LogP contribution in [0.5, 0.6) is 0 Å².